The van der Waals surface area contributed by atoms with Crippen molar-refractivity contribution >= 4 is 5.52 Å². The molecule has 0 saturated heterocycles. The van der Waals surface area contributed by atoms with E-state index in [9.17, 15) is 5.11 Å². The van der Waals surface area contributed by atoms with Gasteiger partial charge in [0, 0.05) is 11.6 Å². The van der Waals surface area contributed by atoms with Crippen LogP contribution in [0.4, 0.5) is 0 Å². The summed E-state index contributed by atoms with van der Waals surface area (Å²) in [5.41, 5.74) is 2.94. The van der Waals surface area contributed by atoms with Gasteiger partial charge in [0.15, 0.2) is 0 Å². The summed E-state index contributed by atoms with van der Waals surface area (Å²) in [6.07, 6.45) is 0. The molecule has 2 aromatic heterocycles. The Labute approximate surface area is 89.4 Å². The molecule has 0 aromatic carbocycles. The number of pyridine rings is 1. The van der Waals surface area contributed by atoms with E-state index in [1.807, 2.05) is 12.1 Å². The predicted molar refractivity (Wildman–Crippen MR) is 59.9 cm³/mol. The van der Waals surface area contributed by atoms with Crippen molar-refractivity contribution in [1.29, 1.82) is 0 Å². The number of imidazole rings is 1. The first-order valence-corrected chi connectivity index (χ1v) is 5.23. The van der Waals surface area contributed by atoms with Gasteiger partial charge in [-0.2, -0.15) is 0 Å². The first-order valence-electron chi connectivity index (χ1n) is 5.23. The van der Waals surface area contributed by atoms with Crippen molar-refractivity contribution in [1.82, 2.24) is 9.38 Å². The van der Waals surface area contributed by atoms with Crippen LogP contribution in [0, 0.1) is 6.92 Å². The molecule has 0 aliphatic carbocycles. The fraction of sp³-hybridized carbons (Fsp3) is 0.417. The first kappa shape index (κ1) is 10.2. The standard InChI is InChI=1S/C12H16N2O/c1-8(2)12-13-10(7-15)11-6-4-5-9(3)14(11)12/h4-6,8,15H,7H2,1-3H3. The van der Waals surface area contributed by atoms with E-state index in [0.29, 0.717) is 5.92 Å². The number of hydrogen-bond donors (Lipinski definition) is 1. The van der Waals surface area contributed by atoms with Crippen LogP contribution in [0.2, 0.25) is 0 Å². The van der Waals surface area contributed by atoms with Gasteiger partial charge >= 0.3 is 0 Å². The monoisotopic (exact) mass is 204 g/mol. The van der Waals surface area contributed by atoms with Crippen molar-refractivity contribution in [3.63, 3.8) is 0 Å². The smallest absolute Gasteiger partial charge is 0.116 e. The van der Waals surface area contributed by atoms with Crippen molar-refractivity contribution in [2.24, 2.45) is 0 Å². The molecule has 0 radical (unpaired) electrons. The van der Waals surface area contributed by atoms with Crippen molar-refractivity contribution in [3.8, 4) is 0 Å². The summed E-state index contributed by atoms with van der Waals surface area (Å²) < 4.78 is 2.12. The van der Waals surface area contributed by atoms with Gasteiger partial charge in [-0.15, -0.1) is 0 Å². The second-order valence-corrected chi connectivity index (χ2v) is 4.12. The lowest BCUT2D eigenvalue weighted by Crippen LogP contribution is -1.99. The van der Waals surface area contributed by atoms with Gasteiger partial charge in [-0.3, -0.25) is 0 Å². The first-order chi connectivity index (χ1) is 7.15. The molecule has 0 amide bonds. The average Bonchev–Trinajstić information content (AvgIpc) is 2.58. The lowest BCUT2D eigenvalue weighted by Gasteiger charge is -2.06. The molecule has 0 aliphatic heterocycles. The zero-order valence-corrected chi connectivity index (χ0v) is 9.36. The summed E-state index contributed by atoms with van der Waals surface area (Å²) in [6, 6.07) is 6.05. The van der Waals surface area contributed by atoms with Gasteiger partial charge in [-0.1, -0.05) is 19.9 Å². The van der Waals surface area contributed by atoms with Crippen LogP contribution in [0.25, 0.3) is 5.52 Å². The maximum atomic E-state index is 9.25. The van der Waals surface area contributed by atoms with Crippen LogP contribution in [0.15, 0.2) is 18.2 Å². The molecule has 0 bridgehead atoms. The second-order valence-electron chi connectivity index (χ2n) is 4.12. The van der Waals surface area contributed by atoms with Crippen LogP contribution in [-0.2, 0) is 6.61 Å². The second kappa shape index (κ2) is 3.66. The molecule has 0 saturated carbocycles. The Balaban J connectivity index is 2.82. The Morgan fingerprint density at radius 2 is 2.13 bits per heavy atom. The molecule has 3 nitrogen and oxygen atoms in total. The summed E-state index contributed by atoms with van der Waals surface area (Å²) in [5, 5.41) is 9.25. The number of fused-ring (bicyclic) bond motifs is 1. The molecule has 0 atom stereocenters. The molecule has 0 aliphatic rings. The predicted octanol–water partition coefficient (Wildman–Crippen LogP) is 2.26. The van der Waals surface area contributed by atoms with Crippen LogP contribution in [0.3, 0.4) is 0 Å². The zero-order chi connectivity index (χ0) is 11.0. The Morgan fingerprint density at radius 1 is 1.40 bits per heavy atom. The number of hydrogen-bond acceptors (Lipinski definition) is 2. The Kier molecular flexibility index (Phi) is 2.49. The largest absolute Gasteiger partial charge is 0.390 e. The molecule has 80 valence electrons. The number of nitrogens with zero attached hydrogens (tertiary/aromatic N) is 2. The molecule has 0 unspecified atom stereocenters. The van der Waals surface area contributed by atoms with Crippen molar-refractivity contribution in [2.75, 3.05) is 0 Å². The molecule has 3 heteroatoms. The highest BCUT2D eigenvalue weighted by molar-refractivity contribution is 5.54. The van der Waals surface area contributed by atoms with Crippen LogP contribution < -0.4 is 0 Å². The van der Waals surface area contributed by atoms with Gasteiger partial charge < -0.3 is 9.51 Å². The third-order valence-corrected chi connectivity index (χ3v) is 2.63. The van der Waals surface area contributed by atoms with Crippen LogP contribution in [0.5, 0.6) is 0 Å². The lowest BCUT2D eigenvalue weighted by atomic mass is 10.2. The quantitative estimate of drug-likeness (QED) is 0.814. The van der Waals surface area contributed by atoms with E-state index in [0.717, 1.165) is 22.7 Å². The van der Waals surface area contributed by atoms with E-state index in [2.05, 4.69) is 36.2 Å². The highest BCUT2D eigenvalue weighted by Gasteiger charge is 2.13. The fourth-order valence-electron chi connectivity index (χ4n) is 1.90. The van der Waals surface area contributed by atoms with Gasteiger partial charge in [-0.05, 0) is 19.1 Å². The minimum absolute atomic E-state index is 0.000324. The fourth-order valence-corrected chi connectivity index (χ4v) is 1.90. The average molecular weight is 204 g/mol. The van der Waals surface area contributed by atoms with Gasteiger partial charge in [-0.25, -0.2) is 4.98 Å². The molecular formula is C12H16N2O. The van der Waals surface area contributed by atoms with Crippen molar-refractivity contribution in [2.45, 2.75) is 33.3 Å². The van der Waals surface area contributed by atoms with Crippen LogP contribution in [-0.4, -0.2) is 14.5 Å². The van der Waals surface area contributed by atoms with E-state index in [1.165, 1.54) is 0 Å². The zero-order valence-electron chi connectivity index (χ0n) is 9.36. The number of aromatic nitrogens is 2. The third kappa shape index (κ3) is 1.53. The van der Waals surface area contributed by atoms with Gasteiger partial charge in [0.05, 0.1) is 17.8 Å². The van der Waals surface area contributed by atoms with Crippen LogP contribution in [0.1, 0.15) is 37.0 Å². The normalized spacial score (nSPS) is 11.5. The lowest BCUT2D eigenvalue weighted by molar-refractivity contribution is 0.278. The van der Waals surface area contributed by atoms with E-state index in [4.69, 9.17) is 0 Å². The van der Waals surface area contributed by atoms with Crippen molar-refractivity contribution < 1.29 is 5.11 Å². The topological polar surface area (TPSA) is 37.5 Å². The van der Waals surface area contributed by atoms with E-state index >= 15 is 0 Å². The number of aliphatic hydroxyl groups is 1. The number of aliphatic hydroxyl groups excluding tert-OH is 1. The minimum Gasteiger partial charge on any atom is -0.390 e. The summed E-state index contributed by atoms with van der Waals surface area (Å²) in [7, 11) is 0. The van der Waals surface area contributed by atoms with Gasteiger partial charge in [0.25, 0.3) is 0 Å². The molecule has 2 aromatic rings. The Hall–Kier alpha value is -1.35. The third-order valence-electron chi connectivity index (χ3n) is 2.63. The molecule has 0 fully saturated rings. The maximum absolute atomic E-state index is 9.25. The molecule has 2 heterocycles. The van der Waals surface area contributed by atoms with E-state index in [-0.39, 0.29) is 6.61 Å². The Bertz CT molecular complexity index is 486. The van der Waals surface area contributed by atoms with E-state index in [1.54, 1.807) is 0 Å². The minimum atomic E-state index is -0.000324. The molecule has 1 N–H and O–H groups in total. The SMILES string of the molecule is Cc1cccc2c(CO)nc(C(C)C)n12. The van der Waals surface area contributed by atoms with Gasteiger partial charge in [0.2, 0.25) is 0 Å². The van der Waals surface area contributed by atoms with E-state index < -0.39 is 0 Å². The molecule has 0 spiro atoms. The summed E-state index contributed by atoms with van der Waals surface area (Å²) in [5.74, 6) is 1.38. The molecule has 15 heavy (non-hydrogen) atoms. The number of aryl methyl sites for hydroxylation is 1. The summed E-state index contributed by atoms with van der Waals surface area (Å²) in [6.45, 7) is 6.28. The Morgan fingerprint density at radius 3 is 2.73 bits per heavy atom. The maximum Gasteiger partial charge on any atom is 0.116 e. The molecule has 2 rings (SSSR count). The number of rotatable bonds is 2. The van der Waals surface area contributed by atoms with Crippen molar-refractivity contribution in [3.05, 3.63) is 35.4 Å². The highest BCUT2D eigenvalue weighted by Crippen LogP contribution is 2.21. The summed E-state index contributed by atoms with van der Waals surface area (Å²) >= 11 is 0. The van der Waals surface area contributed by atoms with Crippen LogP contribution >= 0.6 is 0 Å². The molecular weight excluding hydrogens is 188 g/mol. The summed E-state index contributed by atoms with van der Waals surface area (Å²) in [4.78, 5) is 4.48. The highest BCUT2D eigenvalue weighted by atomic mass is 16.3. The van der Waals surface area contributed by atoms with Gasteiger partial charge in [0.1, 0.15) is 5.82 Å².